The van der Waals surface area contributed by atoms with Crippen molar-refractivity contribution in [3.8, 4) is 11.1 Å². The fourth-order valence-electron chi connectivity index (χ4n) is 4.51. The van der Waals surface area contributed by atoms with Crippen molar-refractivity contribution in [2.24, 2.45) is 5.41 Å². The molecule has 0 radical (unpaired) electrons. The third-order valence-corrected chi connectivity index (χ3v) is 6.12. The van der Waals surface area contributed by atoms with Gasteiger partial charge in [-0.15, -0.1) is 6.58 Å². The molecular weight excluding hydrogens is 412 g/mol. The number of hydrogen-bond donors (Lipinski definition) is 1. The molecule has 2 amide bonds. The van der Waals surface area contributed by atoms with Crippen LogP contribution in [0.4, 0.5) is 0 Å². The van der Waals surface area contributed by atoms with Crippen LogP contribution < -0.4 is 5.32 Å². The number of nitrogens with zero attached hydrogens (tertiary/aromatic N) is 3. The Labute approximate surface area is 194 Å². The molecule has 1 N–H and O–H groups in total. The number of aromatic nitrogens is 2. The number of carbonyl (C=O) groups excluding carboxylic acids is 2. The van der Waals surface area contributed by atoms with Gasteiger partial charge in [-0.25, -0.2) is 0 Å². The smallest absolute Gasteiger partial charge is 0.272 e. The first-order valence-corrected chi connectivity index (χ1v) is 11.2. The van der Waals surface area contributed by atoms with E-state index < -0.39 is 5.41 Å². The van der Waals surface area contributed by atoms with Crippen molar-refractivity contribution in [3.63, 3.8) is 0 Å². The number of amides is 2. The van der Waals surface area contributed by atoms with Gasteiger partial charge in [0, 0.05) is 38.2 Å². The maximum Gasteiger partial charge on any atom is 0.272 e. The Morgan fingerprint density at radius 2 is 1.91 bits per heavy atom. The van der Waals surface area contributed by atoms with E-state index >= 15 is 0 Å². The standard InChI is InChI=1S/C27H28N4O2/c1-2-13-30-26(33)27(12-6-17-31(20-27)25(32)24-9-3-4-14-29-24)19-21-7-5-8-23(18-21)22-10-15-28-16-11-22/h2-5,7-11,14-16,18H,1,6,12-13,17,19-20H2,(H,30,33)/t27-/m1/s1. The number of rotatable bonds is 7. The van der Waals surface area contributed by atoms with Gasteiger partial charge in [-0.2, -0.15) is 0 Å². The van der Waals surface area contributed by atoms with E-state index in [0.29, 0.717) is 38.2 Å². The second-order valence-corrected chi connectivity index (χ2v) is 8.44. The van der Waals surface area contributed by atoms with Crippen molar-refractivity contribution >= 4 is 11.8 Å². The third kappa shape index (κ3) is 5.17. The number of hydrogen-bond acceptors (Lipinski definition) is 4. The summed E-state index contributed by atoms with van der Waals surface area (Å²) in [6.45, 7) is 5.08. The van der Waals surface area contributed by atoms with Crippen LogP contribution in [0.5, 0.6) is 0 Å². The summed E-state index contributed by atoms with van der Waals surface area (Å²) in [6, 6.07) is 17.5. The van der Waals surface area contributed by atoms with Gasteiger partial charge in [0.15, 0.2) is 0 Å². The van der Waals surface area contributed by atoms with Crippen LogP contribution in [0.1, 0.15) is 28.9 Å². The fraction of sp³-hybridized carbons (Fsp3) is 0.259. The molecule has 1 aliphatic rings. The summed E-state index contributed by atoms with van der Waals surface area (Å²) in [6.07, 6.45) is 8.84. The molecule has 2 aromatic heterocycles. The molecule has 0 aliphatic carbocycles. The predicted molar refractivity (Wildman–Crippen MR) is 128 cm³/mol. The van der Waals surface area contributed by atoms with E-state index in [2.05, 4.69) is 34.0 Å². The fourth-order valence-corrected chi connectivity index (χ4v) is 4.51. The molecule has 6 nitrogen and oxygen atoms in total. The summed E-state index contributed by atoms with van der Waals surface area (Å²) in [5, 5.41) is 2.99. The van der Waals surface area contributed by atoms with E-state index in [9.17, 15) is 9.59 Å². The van der Waals surface area contributed by atoms with Crippen LogP contribution in [0, 0.1) is 5.41 Å². The van der Waals surface area contributed by atoms with Crippen molar-refractivity contribution in [1.29, 1.82) is 0 Å². The molecule has 33 heavy (non-hydrogen) atoms. The highest BCUT2D eigenvalue weighted by molar-refractivity contribution is 5.93. The average Bonchev–Trinajstić information content (AvgIpc) is 2.88. The molecule has 1 atom stereocenters. The average molecular weight is 441 g/mol. The highest BCUT2D eigenvalue weighted by Gasteiger charge is 2.43. The SMILES string of the molecule is C=CCNC(=O)[C@@]1(Cc2cccc(-c3ccncc3)c2)CCCN(C(=O)c2ccccn2)C1. The van der Waals surface area contributed by atoms with Crippen molar-refractivity contribution in [3.05, 3.63) is 97.1 Å². The molecule has 1 fully saturated rings. The largest absolute Gasteiger partial charge is 0.352 e. The highest BCUT2D eigenvalue weighted by Crippen LogP contribution is 2.35. The molecule has 3 heterocycles. The Morgan fingerprint density at radius 1 is 1.06 bits per heavy atom. The van der Waals surface area contributed by atoms with Crippen LogP contribution in [0.3, 0.4) is 0 Å². The minimum atomic E-state index is -0.720. The van der Waals surface area contributed by atoms with Gasteiger partial charge < -0.3 is 10.2 Å². The molecule has 0 bridgehead atoms. The van der Waals surface area contributed by atoms with Gasteiger partial charge in [-0.3, -0.25) is 19.6 Å². The molecule has 0 unspecified atom stereocenters. The zero-order valence-electron chi connectivity index (χ0n) is 18.6. The number of carbonyl (C=O) groups is 2. The molecule has 0 spiro atoms. The molecule has 4 rings (SSSR count). The second-order valence-electron chi connectivity index (χ2n) is 8.44. The number of likely N-dealkylation sites (tertiary alicyclic amines) is 1. The van der Waals surface area contributed by atoms with E-state index in [-0.39, 0.29) is 11.8 Å². The van der Waals surface area contributed by atoms with E-state index in [1.165, 1.54) is 0 Å². The van der Waals surface area contributed by atoms with Crippen molar-refractivity contribution in [2.45, 2.75) is 19.3 Å². The molecule has 1 saturated heterocycles. The number of nitrogens with one attached hydrogen (secondary N) is 1. The number of piperidine rings is 1. The minimum Gasteiger partial charge on any atom is -0.352 e. The van der Waals surface area contributed by atoms with Crippen molar-refractivity contribution in [1.82, 2.24) is 20.2 Å². The lowest BCUT2D eigenvalue weighted by Gasteiger charge is -2.41. The Bertz CT molecular complexity index is 1120. The van der Waals surface area contributed by atoms with E-state index in [1.807, 2.05) is 24.3 Å². The van der Waals surface area contributed by atoms with Crippen molar-refractivity contribution < 1.29 is 9.59 Å². The summed E-state index contributed by atoms with van der Waals surface area (Å²) < 4.78 is 0. The monoisotopic (exact) mass is 440 g/mol. The molecule has 168 valence electrons. The maximum absolute atomic E-state index is 13.4. The van der Waals surface area contributed by atoms with Crippen LogP contribution in [-0.4, -0.2) is 46.3 Å². The first kappa shape index (κ1) is 22.4. The van der Waals surface area contributed by atoms with Gasteiger partial charge in [0.2, 0.25) is 5.91 Å². The first-order valence-electron chi connectivity index (χ1n) is 11.2. The highest BCUT2D eigenvalue weighted by atomic mass is 16.2. The van der Waals surface area contributed by atoms with Crippen LogP contribution in [0.15, 0.2) is 85.8 Å². The molecule has 3 aromatic rings. The lowest BCUT2D eigenvalue weighted by Crippen LogP contribution is -2.54. The Hall–Kier alpha value is -3.80. The first-order chi connectivity index (χ1) is 16.1. The molecular formula is C27H28N4O2. The maximum atomic E-state index is 13.4. The zero-order valence-corrected chi connectivity index (χ0v) is 18.6. The molecule has 1 aliphatic heterocycles. The van der Waals surface area contributed by atoms with Gasteiger partial charge >= 0.3 is 0 Å². The van der Waals surface area contributed by atoms with Crippen LogP contribution in [0.2, 0.25) is 0 Å². The summed E-state index contributed by atoms with van der Waals surface area (Å²) in [7, 11) is 0. The lowest BCUT2D eigenvalue weighted by molar-refractivity contribution is -0.133. The predicted octanol–water partition coefficient (Wildman–Crippen LogP) is 3.91. The van der Waals surface area contributed by atoms with Gasteiger partial charge in [-0.1, -0.05) is 36.4 Å². The third-order valence-electron chi connectivity index (χ3n) is 6.12. The number of pyridine rings is 2. The molecule has 6 heteroatoms. The Kier molecular flexibility index (Phi) is 6.93. The van der Waals surface area contributed by atoms with E-state index in [0.717, 1.165) is 23.1 Å². The summed E-state index contributed by atoms with van der Waals surface area (Å²) in [5.41, 5.74) is 2.90. The van der Waals surface area contributed by atoms with Gasteiger partial charge in [0.1, 0.15) is 5.69 Å². The summed E-state index contributed by atoms with van der Waals surface area (Å²) in [4.78, 5) is 36.6. The molecule has 0 saturated carbocycles. The second kappa shape index (κ2) is 10.2. The summed E-state index contributed by atoms with van der Waals surface area (Å²) in [5.74, 6) is -0.183. The Balaban J connectivity index is 1.63. The van der Waals surface area contributed by atoms with Crippen LogP contribution in [0.25, 0.3) is 11.1 Å². The van der Waals surface area contributed by atoms with E-state index in [1.54, 1.807) is 47.8 Å². The van der Waals surface area contributed by atoms with E-state index in [4.69, 9.17) is 0 Å². The summed E-state index contributed by atoms with van der Waals surface area (Å²) >= 11 is 0. The normalized spacial score (nSPS) is 17.9. The van der Waals surface area contributed by atoms with Gasteiger partial charge in [0.05, 0.1) is 5.41 Å². The van der Waals surface area contributed by atoms with Gasteiger partial charge in [0.25, 0.3) is 5.91 Å². The minimum absolute atomic E-state index is 0.0461. The lowest BCUT2D eigenvalue weighted by atomic mass is 9.74. The quantitative estimate of drug-likeness (QED) is 0.565. The van der Waals surface area contributed by atoms with Crippen LogP contribution >= 0.6 is 0 Å². The van der Waals surface area contributed by atoms with Crippen molar-refractivity contribution in [2.75, 3.05) is 19.6 Å². The topological polar surface area (TPSA) is 75.2 Å². The zero-order chi connectivity index (χ0) is 23.1. The Morgan fingerprint density at radius 3 is 2.67 bits per heavy atom. The molecule has 1 aromatic carbocycles. The number of benzene rings is 1. The van der Waals surface area contributed by atoms with Crippen LogP contribution in [-0.2, 0) is 11.2 Å². The van der Waals surface area contributed by atoms with Gasteiger partial charge in [-0.05, 0) is 60.2 Å².